The van der Waals surface area contributed by atoms with E-state index in [4.69, 9.17) is 0 Å². The van der Waals surface area contributed by atoms with Crippen LogP contribution in [0.15, 0.2) is 48.5 Å². The molecule has 0 aliphatic rings. The molecule has 0 aliphatic heterocycles. The van der Waals surface area contributed by atoms with Crippen molar-refractivity contribution in [1.29, 1.82) is 0 Å². The molecule has 86 valence electrons. The molecule has 2 aromatic carbocycles. The second-order valence-corrected chi connectivity index (χ2v) is 5.98. The molecule has 0 bridgehead atoms. The van der Waals surface area contributed by atoms with Gasteiger partial charge in [0.2, 0.25) is 0 Å². The third-order valence-electron chi connectivity index (χ3n) is 2.28. The number of nitrogens with zero attached hydrogens (tertiary/aromatic N) is 1. The Morgan fingerprint density at radius 2 is 1.82 bits per heavy atom. The van der Waals surface area contributed by atoms with E-state index in [0.717, 1.165) is 14.5 Å². The van der Waals surface area contributed by atoms with Crippen LogP contribution in [0.4, 0.5) is 5.69 Å². The van der Waals surface area contributed by atoms with Gasteiger partial charge in [0.1, 0.15) is 0 Å². The van der Waals surface area contributed by atoms with Crippen molar-refractivity contribution in [3.05, 3.63) is 64.2 Å². The Morgan fingerprint density at radius 3 is 2.47 bits per heavy atom. The molecule has 0 spiro atoms. The minimum absolute atomic E-state index is 0.0182. The average Bonchev–Trinajstić information content (AvgIpc) is 2.30. The molecule has 3 nitrogen and oxygen atoms in total. The molecule has 0 radical (unpaired) electrons. The average molecular weight is 292 g/mol. The van der Waals surface area contributed by atoms with Gasteiger partial charge in [0, 0.05) is 0 Å². The zero-order valence-electron chi connectivity index (χ0n) is 9.29. The SMILES string of the molecule is Cc1ccc([N+](=O)[O-])c([Se]c2ccccc2)c1. The number of nitro groups is 1. The standard InChI is InChI=1S/C13H11NO2Se/c1-10-7-8-12(14(15)16)13(9-10)17-11-5-3-2-4-6-11/h2-9H,1H3. The van der Waals surface area contributed by atoms with Gasteiger partial charge in [-0.15, -0.1) is 0 Å². The number of hydrogen-bond donors (Lipinski definition) is 0. The van der Waals surface area contributed by atoms with E-state index in [2.05, 4.69) is 0 Å². The van der Waals surface area contributed by atoms with Gasteiger partial charge >= 0.3 is 106 Å². The number of rotatable bonds is 3. The maximum atomic E-state index is 10.9. The Bertz CT molecular complexity index is 540. The Morgan fingerprint density at radius 1 is 1.12 bits per heavy atom. The van der Waals surface area contributed by atoms with Gasteiger partial charge in [0.05, 0.1) is 0 Å². The summed E-state index contributed by atoms with van der Waals surface area (Å²) in [6.07, 6.45) is 0. The molecule has 0 atom stereocenters. The van der Waals surface area contributed by atoms with E-state index < -0.39 is 0 Å². The van der Waals surface area contributed by atoms with Gasteiger partial charge in [0.15, 0.2) is 0 Å². The Hall–Kier alpha value is -1.64. The Balaban J connectivity index is 2.37. The zero-order valence-corrected chi connectivity index (χ0v) is 11.0. The van der Waals surface area contributed by atoms with Crippen LogP contribution in [0.3, 0.4) is 0 Å². The topological polar surface area (TPSA) is 43.1 Å². The molecular weight excluding hydrogens is 281 g/mol. The third-order valence-corrected chi connectivity index (χ3v) is 4.50. The number of aryl methyl sites for hydroxylation is 1. The monoisotopic (exact) mass is 293 g/mol. The van der Waals surface area contributed by atoms with Crippen LogP contribution >= 0.6 is 0 Å². The summed E-state index contributed by atoms with van der Waals surface area (Å²) in [6, 6.07) is 15.2. The molecule has 0 aromatic heterocycles. The maximum absolute atomic E-state index is 10.9. The summed E-state index contributed by atoms with van der Waals surface area (Å²) in [5.74, 6) is 0. The predicted molar refractivity (Wildman–Crippen MR) is 69.3 cm³/mol. The summed E-state index contributed by atoms with van der Waals surface area (Å²) in [5, 5.41) is 10.9. The van der Waals surface area contributed by atoms with Crippen LogP contribution in [-0.2, 0) is 0 Å². The van der Waals surface area contributed by atoms with Crippen molar-refractivity contribution in [2.75, 3.05) is 0 Å². The molecule has 0 aliphatic carbocycles. The van der Waals surface area contributed by atoms with Gasteiger partial charge in [-0.3, -0.25) is 0 Å². The Labute approximate surface area is 106 Å². The molecule has 2 aromatic rings. The Kier molecular flexibility index (Phi) is 3.57. The van der Waals surface area contributed by atoms with Crippen LogP contribution in [0.2, 0.25) is 0 Å². The van der Waals surface area contributed by atoms with Gasteiger partial charge in [-0.1, -0.05) is 0 Å². The molecular formula is C13H11NO2Se. The van der Waals surface area contributed by atoms with Crippen LogP contribution in [-0.4, -0.2) is 19.9 Å². The van der Waals surface area contributed by atoms with E-state index in [0.29, 0.717) is 0 Å². The minimum atomic E-state index is -0.306. The van der Waals surface area contributed by atoms with Crippen LogP contribution in [0.25, 0.3) is 0 Å². The van der Waals surface area contributed by atoms with Gasteiger partial charge < -0.3 is 0 Å². The van der Waals surface area contributed by atoms with Crippen molar-refractivity contribution in [2.24, 2.45) is 0 Å². The van der Waals surface area contributed by atoms with Gasteiger partial charge in [0.25, 0.3) is 0 Å². The molecule has 0 fully saturated rings. The fraction of sp³-hybridized carbons (Fsp3) is 0.0769. The first-order chi connectivity index (χ1) is 8.16. The zero-order chi connectivity index (χ0) is 12.3. The predicted octanol–water partition coefficient (Wildman–Crippen LogP) is 1.56. The van der Waals surface area contributed by atoms with E-state index in [1.165, 1.54) is 0 Å². The van der Waals surface area contributed by atoms with Crippen molar-refractivity contribution in [3.63, 3.8) is 0 Å². The first-order valence-corrected chi connectivity index (χ1v) is 6.86. The second-order valence-electron chi connectivity index (χ2n) is 3.64. The van der Waals surface area contributed by atoms with Crippen molar-refractivity contribution >= 4 is 29.6 Å². The van der Waals surface area contributed by atoms with E-state index in [1.54, 1.807) is 12.1 Å². The van der Waals surface area contributed by atoms with Crippen molar-refractivity contribution < 1.29 is 4.92 Å². The fourth-order valence-electron chi connectivity index (χ4n) is 1.47. The van der Waals surface area contributed by atoms with Gasteiger partial charge in [-0.25, -0.2) is 0 Å². The summed E-state index contributed by atoms with van der Waals surface area (Å²) < 4.78 is 1.97. The molecule has 0 saturated heterocycles. The molecule has 0 unspecified atom stereocenters. The van der Waals surface area contributed by atoms with E-state index in [9.17, 15) is 10.1 Å². The number of nitro benzene ring substituents is 1. The summed E-state index contributed by atoms with van der Waals surface area (Å²) in [6.45, 7) is 1.95. The first kappa shape index (κ1) is 11.8. The van der Waals surface area contributed by atoms with Crippen LogP contribution in [0.1, 0.15) is 5.56 Å². The second kappa shape index (κ2) is 5.13. The molecule has 17 heavy (non-hydrogen) atoms. The molecule has 0 amide bonds. The van der Waals surface area contributed by atoms with Gasteiger partial charge in [-0.2, -0.15) is 0 Å². The van der Waals surface area contributed by atoms with Crippen LogP contribution in [0, 0.1) is 17.0 Å². The third kappa shape index (κ3) is 2.93. The first-order valence-electron chi connectivity index (χ1n) is 5.15. The number of hydrogen-bond acceptors (Lipinski definition) is 2. The van der Waals surface area contributed by atoms with E-state index >= 15 is 0 Å². The van der Waals surface area contributed by atoms with Crippen LogP contribution < -0.4 is 8.92 Å². The van der Waals surface area contributed by atoms with E-state index in [-0.39, 0.29) is 25.6 Å². The fourth-order valence-corrected chi connectivity index (χ4v) is 3.65. The normalized spacial score (nSPS) is 10.2. The molecule has 2 rings (SSSR count). The van der Waals surface area contributed by atoms with E-state index in [1.807, 2.05) is 43.3 Å². The van der Waals surface area contributed by atoms with Gasteiger partial charge in [-0.05, 0) is 0 Å². The quantitative estimate of drug-likeness (QED) is 0.489. The summed E-state index contributed by atoms with van der Waals surface area (Å²) in [7, 11) is 0. The van der Waals surface area contributed by atoms with Crippen molar-refractivity contribution in [1.82, 2.24) is 0 Å². The van der Waals surface area contributed by atoms with Crippen molar-refractivity contribution in [3.8, 4) is 0 Å². The number of benzene rings is 2. The summed E-state index contributed by atoms with van der Waals surface area (Å²) in [5.41, 5.74) is 1.28. The van der Waals surface area contributed by atoms with Crippen LogP contribution in [0.5, 0.6) is 0 Å². The summed E-state index contributed by atoms with van der Waals surface area (Å²) in [4.78, 5) is 10.6. The molecule has 0 saturated carbocycles. The molecule has 4 heteroatoms. The molecule has 0 heterocycles. The van der Waals surface area contributed by atoms with Crippen molar-refractivity contribution in [2.45, 2.75) is 6.92 Å². The summed E-state index contributed by atoms with van der Waals surface area (Å²) >= 11 is -0.0182. The molecule has 0 N–H and O–H groups in total.